The van der Waals surface area contributed by atoms with Crippen LogP contribution in [0.4, 0.5) is 0 Å². The molecule has 2 aromatic heterocycles. The molecule has 0 unspecified atom stereocenters. The van der Waals surface area contributed by atoms with Crippen LogP contribution in [0.25, 0.3) is 0 Å². The predicted molar refractivity (Wildman–Crippen MR) is 186 cm³/mol. The molecule has 15 nitrogen and oxygen atoms in total. The van der Waals surface area contributed by atoms with Crippen molar-refractivity contribution in [3.63, 3.8) is 0 Å². The third-order valence-electron chi connectivity index (χ3n) is 8.48. The van der Waals surface area contributed by atoms with Crippen LogP contribution in [-0.2, 0) is 38.7 Å². The third kappa shape index (κ3) is 10.2. The van der Waals surface area contributed by atoms with Crippen LogP contribution in [0, 0.1) is 19.8 Å². The molecule has 0 spiro atoms. The summed E-state index contributed by atoms with van der Waals surface area (Å²) in [4.78, 5) is 73.3. The fourth-order valence-corrected chi connectivity index (χ4v) is 5.85. The van der Waals surface area contributed by atoms with E-state index in [0.29, 0.717) is 35.9 Å². The van der Waals surface area contributed by atoms with E-state index in [0.717, 1.165) is 12.0 Å². The highest BCUT2D eigenvalue weighted by Gasteiger charge is 2.31. The molecular formula is C35H50N10O5. The molecule has 4 N–H and O–H groups in total. The summed E-state index contributed by atoms with van der Waals surface area (Å²) < 4.78 is 3.22. The second-order valence-corrected chi connectivity index (χ2v) is 13.1. The van der Waals surface area contributed by atoms with Crippen molar-refractivity contribution < 1.29 is 24.0 Å². The summed E-state index contributed by atoms with van der Waals surface area (Å²) >= 11 is 0. The lowest BCUT2D eigenvalue weighted by molar-refractivity contribution is -0.132. The first kappa shape index (κ1) is 37.7. The molecule has 0 fully saturated rings. The van der Waals surface area contributed by atoms with Gasteiger partial charge in [0, 0.05) is 45.2 Å². The molecule has 1 aliphatic rings. The molecule has 3 atom stereocenters. The number of benzene rings is 1. The minimum absolute atomic E-state index is 0.0558. The SMILES string of the molecule is CCCn1cc(C(=O)N2CCCC(=O)N[C@@H](C)C(=O)N[C@H](Cc3ccccc3)C(=O)N[C@@H](C(C)C)c3nc(C)nn3CC(=O)NCC2)c(C)n1. The van der Waals surface area contributed by atoms with E-state index in [-0.39, 0.29) is 62.7 Å². The molecule has 5 amide bonds. The Morgan fingerprint density at radius 1 is 0.960 bits per heavy atom. The van der Waals surface area contributed by atoms with Gasteiger partial charge in [-0.05, 0) is 45.1 Å². The fourth-order valence-electron chi connectivity index (χ4n) is 5.85. The Morgan fingerprint density at radius 2 is 1.70 bits per heavy atom. The van der Waals surface area contributed by atoms with Crippen molar-refractivity contribution in [3.8, 4) is 0 Å². The van der Waals surface area contributed by atoms with Crippen LogP contribution in [0.1, 0.15) is 86.3 Å². The van der Waals surface area contributed by atoms with E-state index in [2.05, 4.69) is 36.4 Å². The molecule has 0 radical (unpaired) electrons. The topological polar surface area (TPSA) is 185 Å². The summed E-state index contributed by atoms with van der Waals surface area (Å²) in [6.45, 7) is 12.0. The number of nitrogens with one attached hydrogen (secondary N) is 4. The summed E-state index contributed by atoms with van der Waals surface area (Å²) in [6.07, 6.45) is 3.17. The smallest absolute Gasteiger partial charge is 0.257 e. The zero-order valence-electron chi connectivity index (χ0n) is 29.9. The number of hydrogen-bond acceptors (Lipinski definition) is 8. The van der Waals surface area contributed by atoms with Gasteiger partial charge in [0.15, 0.2) is 5.82 Å². The van der Waals surface area contributed by atoms with Gasteiger partial charge in [-0.25, -0.2) is 9.67 Å². The Hall–Kier alpha value is -5.08. The average molecular weight is 691 g/mol. The summed E-state index contributed by atoms with van der Waals surface area (Å²) in [6, 6.07) is 6.77. The Labute approximate surface area is 292 Å². The number of aromatic nitrogens is 5. The zero-order valence-corrected chi connectivity index (χ0v) is 29.9. The van der Waals surface area contributed by atoms with Crippen molar-refractivity contribution in [2.75, 3.05) is 19.6 Å². The quantitative estimate of drug-likeness (QED) is 0.301. The van der Waals surface area contributed by atoms with Gasteiger partial charge < -0.3 is 26.2 Å². The number of amides is 5. The normalized spacial score (nSPS) is 20.4. The zero-order chi connectivity index (χ0) is 36.4. The van der Waals surface area contributed by atoms with Crippen LogP contribution in [-0.4, -0.2) is 90.7 Å². The largest absolute Gasteiger partial charge is 0.353 e. The molecule has 1 aromatic carbocycles. The number of nitrogens with zero attached hydrogens (tertiary/aromatic N) is 6. The standard InChI is InChI=1S/C35H50N10O5/c1-7-16-44-20-27(23(4)41-44)35(50)43-17-11-14-29(46)37-24(5)33(48)39-28(19-26-12-9-8-10-13-26)34(49)40-31(22(2)3)32-38-25(6)42-45(32)21-30(47)36-15-18-43/h8-10,12-13,20,22,24,28,31H,7,11,14-19,21H2,1-6H3,(H,36,47)(H,37,46)(H,39,48)(H,40,49)/t24-,28+,31-/m0/s1. The Bertz CT molecular complexity index is 1650. The highest BCUT2D eigenvalue weighted by Crippen LogP contribution is 2.21. The lowest BCUT2D eigenvalue weighted by Crippen LogP contribution is -2.54. The average Bonchev–Trinajstić information content (AvgIpc) is 3.62. The van der Waals surface area contributed by atoms with Crippen molar-refractivity contribution in [2.24, 2.45) is 5.92 Å². The van der Waals surface area contributed by atoms with Gasteiger partial charge in [0.25, 0.3) is 5.91 Å². The van der Waals surface area contributed by atoms with Gasteiger partial charge in [-0.1, -0.05) is 51.1 Å². The molecule has 0 saturated carbocycles. The monoisotopic (exact) mass is 690 g/mol. The number of fused-ring (bicyclic) bond motifs is 1. The summed E-state index contributed by atoms with van der Waals surface area (Å²) in [5, 5.41) is 20.4. The second kappa shape index (κ2) is 17.5. The van der Waals surface area contributed by atoms with Gasteiger partial charge in [0.2, 0.25) is 23.6 Å². The Morgan fingerprint density at radius 3 is 2.40 bits per heavy atom. The lowest BCUT2D eigenvalue weighted by atomic mass is 10.0. The van der Waals surface area contributed by atoms with Crippen LogP contribution < -0.4 is 21.3 Å². The maximum absolute atomic E-state index is 13.9. The molecular weight excluding hydrogens is 640 g/mol. The van der Waals surface area contributed by atoms with E-state index in [9.17, 15) is 24.0 Å². The molecule has 15 heteroatoms. The van der Waals surface area contributed by atoms with E-state index in [4.69, 9.17) is 0 Å². The summed E-state index contributed by atoms with van der Waals surface area (Å²) in [5.74, 6) is -1.24. The number of aryl methyl sites for hydroxylation is 3. The molecule has 50 heavy (non-hydrogen) atoms. The first-order chi connectivity index (χ1) is 23.9. The number of hydrogen-bond donors (Lipinski definition) is 4. The predicted octanol–water partition coefficient (Wildman–Crippen LogP) is 1.60. The molecule has 3 heterocycles. The number of carbonyl (C=O) groups is 5. The van der Waals surface area contributed by atoms with Crippen LogP contribution in [0.3, 0.4) is 0 Å². The second-order valence-electron chi connectivity index (χ2n) is 13.1. The van der Waals surface area contributed by atoms with Crippen molar-refractivity contribution in [3.05, 3.63) is 65.0 Å². The Balaban J connectivity index is 1.62. The van der Waals surface area contributed by atoms with Gasteiger partial charge in [-0.2, -0.15) is 10.2 Å². The van der Waals surface area contributed by atoms with Gasteiger partial charge in [-0.3, -0.25) is 28.7 Å². The summed E-state index contributed by atoms with van der Waals surface area (Å²) in [7, 11) is 0. The molecule has 0 saturated heterocycles. The number of rotatable bonds is 6. The van der Waals surface area contributed by atoms with E-state index < -0.39 is 29.9 Å². The van der Waals surface area contributed by atoms with Crippen molar-refractivity contribution in [1.82, 2.24) is 50.7 Å². The lowest BCUT2D eigenvalue weighted by Gasteiger charge is -2.27. The molecule has 3 aromatic rings. The minimum atomic E-state index is -0.971. The minimum Gasteiger partial charge on any atom is -0.353 e. The van der Waals surface area contributed by atoms with E-state index in [1.807, 2.05) is 51.1 Å². The van der Waals surface area contributed by atoms with Crippen LogP contribution in [0.2, 0.25) is 0 Å². The van der Waals surface area contributed by atoms with Crippen LogP contribution >= 0.6 is 0 Å². The molecule has 0 aliphatic carbocycles. The first-order valence-corrected chi connectivity index (χ1v) is 17.3. The van der Waals surface area contributed by atoms with Gasteiger partial charge in [0.1, 0.15) is 24.5 Å². The maximum atomic E-state index is 13.9. The van der Waals surface area contributed by atoms with Gasteiger partial charge in [-0.15, -0.1) is 0 Å². The first-order valence-electron chi connectivity index (χ1n) is 17.3. The molecule has 4 rings (SSSR count). The third-order valence-corrected chi connectivity index (χ3v) is 8.48. The van der Waals surface area contributed by atoms with E-state index >= 15 is 0 Å². The molecule has 0 bridgehead atoms. The maximum Gasteiger partial charge on any atom is 0.257 e. The number of carbonyl (C=O) groups excluding carboxylic acids is 5. The molecule has 270 valence electrons. The fraction of sp³-hybridized carbons (Fsp3) is 0.543. The van der Waals surface area contributed by atoms with Gasteiger partial charge >= 0.3 is 0 Å². The van der Waals surface area contributed by atoms with Gasteiger partial charge in [0.05, 0.1) is 17.3 Å². The summed E-state index contributed by atoms with van der Waals surface area (Å²) in [5.41, 5.74) is 1.90. The van der Waals surface area contributed by atoms with Crippen LogP contribution in [0.5, 0.6) is 0 Å². The van der Waals surface area contributed by atoms with Crippen LogP contribution in [0.15, 0.2) is 36.5 Å². The molecule has 1 aliphatic heterocycles. The van der Waals surface area contributed by atoms with Crippen molar-refractivity contribution in [1.29, 1.82) is 0 Å². The highest BCUT2D eigenvalue weighted by molar-refractivity contribution is 5.95. The van der Waals surface area contributed by atoms with Crippen molar-refractivity contribution in [2.45, 2.75) is 98.4 Å². The van der Waals surface area contributed by atoms with E-state index in [1.165, 1.54) is 4.68 Å². The van der Waals surface area contributed by atoms with Crippen molar-refractivity contribution >= 4 is 29.5 Å². The van der Waals surface area contributed by atoms with E-state index in [1.54, 1.807) is 36.5 Å². The Kier molecular flexibility index (Phi) is 13.2. The highest BCUT2D eigenvalue weighted by atomic mass is 16.2.